The molecule has 0 aliphatic heterocycles. The highest BCUT2D eigenvalue weighted by atomic mass is 27.0. The lowest BCUT2D eigenvalue weighted by Crippen LogP contribution is -2.10. The first-order valence-electron chi connectivity index (χ1n) is 2.26. The Balaban J connectivity index is 3.13. The third-order valence-corrected chi connectivity index (χ3v) is 1.36. The minimum Gasteiger partial charge on any atom is -0.385 e. The second-order valence-corrected chi connectivity index (χ2v) is 2.10. The van der Waals surface area contributed by atoms with Crippen LogP contribution in [0.2, 0.25) is 0 Å². The van der Waals surface area contributed by atoms with Crippen molar-refractivity contribution >= 4 is 26.5 Å². The van der Waals surface area contributed by atoms with Crippen LogP contribution in [0.5, 0.6) is 0 Å². The molecule has 0 atom stereocenters. The van der Waals surface area contributed by atoms with Crippen molar-refractivity contribution in [2.75, 3.05) is 5.73 Å². The lowest BCUT2D eigenvalue weighted by Gasteiger charge is -1.94. The molecule has 0 spiro atoms. The molecule has 0 saturated carbocycles. The molecule has 0 saturated heterocycles. The standard InChI is InChI=1S/C5H5N2.Al/c6-5-3-1-2-4-7-5;/h1-2,4H,(H2,6,7);. The number of rotatable bonds is 0. The zero-order chi connectivity index (χ0) is 5.98. The molecule has 0 unspecified atom stereocenters. The smallest absolute Gasteiger partial charge is 0.181 e. The fourth-order valence-corrected chi connectivity index (χ4v) is 0.616. The molecule has 8 heavy (non-hydrogen) atoms. The first-order valence-corrected chi connectivity index (χ1v) is 2.84. The van der Waals surface area contributed by atoms with Crippen LogP contribution < -0.4 is 10.2 Å². The summed E-state index contributed by atoms with van der Waals surface area (Å²) in [5.41, 5.74) is 5.39. The Morgan fingerprint density at radius 1 is 1.62 bits per heavy atom. The topological polar surface area (TPSA) is 38.9 Å². The third-order valence-electron chi connectivity index (χ3n) is 0.871. The molecule has 0 aliphatic rings. The van der Waals surface area contributed by atoms with E-state index in [4.69, 9.17) is 5.73 Å². The fourth-order valence-electron chi connectivity index (χ4n) is 0.430. The predicted molar refractivity (Wildman–Crippen MR) is 34.0 cm³/mol. The number of nitrogens with two attached hydrogens (primary N) is 1. The molecule has 2 radical (unpaired) electrons. The molecular weight excluding hydrogens is 115 g/mol. The Hall–Kier alpha value is -0.518. The van der Waals surface area contributed by atoms with Crippen LogP contribution in [0, 0.1) is 0 Å². The fraction of sp³-hybridized carbons (Fsp3) is 0. The van der Waals surface area contributed by atoms with Gasteiger partial charge in [-0.3, -0.25) is 0 Å². The van der Waals surface area contributed by atoms with Crippen LogP contribution in [0.25, 0.3) is 0 Å². The first-order chi connectivity index (χ1) is 3.80. The maximum atomic E-state index is 5.39. The van der Waals surface area contributed by atoms with Gasteiger partial charge in [-0.05, 0) is 6.07 Å². The largest absolute Gasteiger partial charge is 0.385 e. The summed E-state index contributed by atoms with van der Waals surface area (Å²) in [6, 6.07) is 3.74. The molecule has 38 valence electrons. The van der Waals surface area contributed by atoms with Gasteiger partial charge < -0.3 is 5.73 Å². The second kappa shape index (κ2) is 2.17. The zero-order valence-electron chi connectivity index (χ0n) is 4.33. The van der Waals surface area contributed by atoms with Crippen molar-refractivity contribution in [1.82, 2.24) is 4.98 Å². The molecule has 2 N–H and O–H groups in total. The number of nitrogens with zero attached hydrogens (tertiary/aromatic N) is 1. The van der Waals surface area contributed by atoms with E-state index in [1.54, 1.807) is 6.20 Å². The Kier molecular flexibility index (Phi) is 1.52. The van der Waals surface area contributed by atoms with Crippen molar-refractivity contribution in [2.45, 2.75) is 0 Å². The van der Waals surface area contributed by atoms with E-state index < -0.39 is 0 Å². The monoisotopic (exact) mass is 120 g/mol. The summed E-state index contributed by atoms with van der Waals surface area (Å²) in [7, 11) is 0. The highest BCUT2D eigenvalue weighted by Gasteiger charge is 1.85. The van der Waals surface area contributed by atoms with Crippen molar-refractivity contribution in [3.05, 3.63) is 18.3 Å². The molecule has 0 fully saturated rings. The number of hydrogen-bond donors (Lipinski definition) is 1. The summed E-state index contributed by atoms with van der Waals surface area (Å²) >= 11 is 2.50. The van der Waals surface area contributed by atoms with E-state index in [-0.39, 0.29) is 0 Å². The average Bonchev–Trinajstić information content (AvgIpc) is 1.77. The van der Waals surface area contributed by atoms with Crippen LogP contribution in [-0.4, -0.2) is 21.3 Å². The van der Waals surface area contributed by atoms with Crippen molar-refractivity contribution in [3.8, 4) is 0 Å². The van der Waals surface area contributed by atoms with E-state index in [1.807, 2.05) is 12.1 Å². The highest BCUT2D eigenvalue weighted by Crippen LogP contribution is 1.85. The summed E-state index contributed by atoms with van der Waals surface area (Å²) in [5.74, 6) is 0.581. The summed E-state index contributed by atoms with van der Waals surface area (Å²) in [6.45, 7) is 0. The number of nitrogen functional groups attached to an aromatic ring is 1. The molecule has 1 rings (SSSR count). The van der Waals surface area contributed by atoms with Gasteiger partial charge in [-0.2, -0.15) is 0 Å². The van der Waals surface area contributed by atoms with E-state index in [0.29, 0.717) is 5.82 Å². The molecule has 2 nitrogen and oxygen atoms in total. The molecule has 1 heterocycles. The van der Waals surface area contributed by atoms with Gasteiger partial charge in [0.2, 0.25) is 0 Å². The van der Waals surface area contributed by atoms with E-state index in [0.717, 1.165) is 4.43 Å². The maximum absolute atomic E-state index is 5.39. The number of anilines is 1. The van der Waals surface area contributed by atoms with Gasteiger partial charge in [-0.1, -0.05) is 10.5 Å². The van der Waals surface area contributed by atoms with Crippen LogP contribution in [0.4, 0.5) is 5.82 Å². The summed E-state index contributed by atoms with van der Waals surface area (Å²) < 4.78 is 0.951. The summed E-state index contributed by atoms with van der Waals surface area (Å²) in [4.78, 5) is 3.84. The normalized spacial score (nSPS) is 9.00. The lowest BCUT2D eigenvalue weighted by atomic mass is 10.5. The SMILES string of the molecule is Nc1nccc[c]1[Al]. The quantitative estimate of drug-likeness (QED) is 0.467. The van der Waals surface area contributed by atoms with Crippen molar-refractivity contribution in [2.24, 2.45) is 0 Å². The van der Waals surface area contributed by atoms with E-state index >= 15 is 0 Å². The van der Waals surface area contributed by atoms with Gasteiger partial charge in [0.1, 0.15) is 5.82 Å². The Bertz CT molecular complexity index is 167. The Morgan fingerprint density at radius 2 is 2.38 bits per heavy atom. The van der Waals surface area contributed by atoms with Crippen LogP contribution >= 0.6 is 0 Å². The van der Waals surface area contributed by atoms with Gasteiger partial charge in [0.25, 0.3) is 0 Å². The van der Waals surface area contributed by atoms with Crippen LogP contribution in [0.3, 0.4) is 0 Å². The van der Waals surface area contributed by atoms with Crippen LogP contribution in [-0.2, 0) is 0 Å². The van der Waals surface area contributed by atoms with Gasteiger partial charge in [-0.15, -0.1) is 0 Å². The minimum atomic E-state index is 0.581. The van der Waals surface area contributed by atoms with Gasteiger partial charge >= 0.3 is 0 Å². The molecular formula is C5H5AlN2. The predicted octanol–water partition coefficient (Wildman–Crippen LogP) is -0.542. The number of pyridine rings is 1. The Labute approximate surface area is 56.2 Å². The summed E-state index contributed by atoms with van der Waals surface area (Å²) in [6.07, 6.45) is 1.67. The van der Waals surface area contributed by atoms with E-state index in [1.165, 1.54) is 0 Å². The highest BCUT2D eigenvalue weighted by molar-refractivity contribution is 6.35. The van der Waals surface area contributed by atoms with E-state index in [9.17, 15) is 0 Å². The van der Waals surface area contributed by atoms with E-state index in [2.05, 4.69) is 21.3 Å². The van der Waals surface area contributed by atoms with Crippen LogP contribution in [0.1, 0.15) is 0 Å². The van der Waals surface area contributed by atoms with Gasteiger partial charge in [0, 0.05) is 6.20 Å². The number of aromatic nitrogens is 1. The maximum Gasteiger partial charge on any atom is 0.181 e. The molecule has 0 bridgehead atoms. The Morgan fingerprint density at radius 3 is 2.75 bits per heavy atom. The van der Waals surface area contributed by atoms with Crippen molar-refractivity contribution in [3.63, 3.8) is 0 Å². The summed E-state index contributed by atoms with van der Waals surface area (Å²) in [5, 5.41) is 0. The second-order valence-electron chi connectivity index (χ2n) is 1.48. The average molecular weight is 120 g/mol. The van der Waals surface area contributed by atoms with Crippen molar-refractivity contribution in [1.29, 1.82) is 0 Å². The third kappa shape index (κ3) is 1.00. The van der Waals surface area contributed by atoms with Crippen LogP contribution in [0.15, 0.2) is 18.3 Å². The molecule has 0 aromatic carbocycles. The molecule has 0 amide bonds. The molecule has 1 aromatic rings. The van der Waals surface area contributed by atoms with Gasteiger partial charge in [0.05, 0.1) is 0 Å². The van der Waals surface area contributed by atoms with Crippen molar-refractivity contribution < 1.29 is 0 Å². The molecule has 3 heteroatoms. The number of hydrogen-bond acceptors (Lipinski definition) is 2. The van der Waals surface area contributed by atoms with Gasteiger partial charge in [0.15, 0.2) is 16.3 Å². The van der Waals surface area contributed by atoms with Gasteiger partial charge in [-0.25, -0.2) is 4.98 Å². The zero-order valence-corrected chi connectivity index (χ0v) is 5.49. The molecule has 0 aliphatic carbocycles. The molecule has 1 aromatic heterocycles. The first kappa shape index (κ1) is 5.62. The minimum absolute atomic E-state index is 0.581. The lowest BCUT2D eigenvalue weighted by molar-refractivity contribution is 1.36.